The van der Waals surface area contributed by atoms with Crippen LogP contribution < -0.4 is 32.7 Å². The van der Waals surface area contributed by atoms with Gasteiger partial charge in [-0.25, -0.2) is 14.4 Å². The van der Waals surface area contributed by atoms with Gasteiger partial charge in [0.15, 0.2) is 11.8 Å². The van der Waals surface area contributed by atoms with E-state index >= 15 is 0 Å². The molecule has 2 heterocycles. The molecular formula is C101H149F6N10O20+. The Kier molecular flexibility index (Phi) is 60.5. The van der Waals surface area contributed by atoms with Gasteiger partial charge < -0.3 is 81.8 Å². The van der Waals surface area contributed by atoms with Gasteiger partial charge in [0.25, 0.3) is 12.5 Å². The quantitative estimate of drug-likeness (QED) is 0.0138. The molecule has 8 amide bonds. The van der Waals surface area contributed by atoms with Crippen LogP contribution in [0.5, 0.6) is 0 Å². The number of halogens is 6. The smallest absolute Gasteiger partial charge is 0.446 e. The maximum absolute atomic E-state index is 13.8. The number of carboxylic acids is 1. The number of rotatable bonds is 32. The van der Waals surface area contributed by atoms with E-state index in [1.807, 2.05) is 203 Å². The van der Waals surface area contributed by atoms with Crippen LogP contribution in [0, 0.1) is 24.3 Å². The number of fused-ring (bicyclic) bond motifs is 1. The third kappa shape index (κ3) is 48.0. The number of likely N-dealkylation sites (N-methyl/N-ethyl adjacent to an activating group) is 2. The van der Waals surface area contributed by atoms with Crippen LogP contribution in [0.1, 0.15) is 236 Å². The second kappa shape index (κ2) is 64.1. The van der Waals surface area contributed by atoms with Crippen LogP contribution in [-0.4, -0.2) is 225 Å². The average molecular weight is 1940 g/mol. The number of hydrogen-bond donors (Lipinski definition) is 10. The zero-order chi connectivity index (χ0) is 101. The SMILES string of the molecule is C.C.C.C#[N+]C(c1ccccc1)c1ccccc1.CC(C)CCC=O.CC[C@@H](C)C(=O)N[C@@H]1C(=O)N2C(C(=O)NC(c3ccccc3)c3ccccc3)CC[C@@H]2OC1C.COC(C)CCC(CC(=O)[C@@H](NC(=O)[C@H](C)N(C)C(=O)OC(C)(C)C)[C@H](C)O)C(=O)NC(c1ccccc1)c1ccccc1.C[C@@H](O)[C@H](NC(=O)[C@H](C)N(C)C(=O)OC(C)(C)C)C(=O)O.N.O=CC(F)(F)F.OCC(F)(F)F. The monoisotopic (exact) mass is 1940 g/mol. The number of ketones is 1. The predicted octanol–water partition coefficient (Wildman–Crippen LogP) is 16.5. The molecule has 0 radical (unpaired) electrons. The van der Waals surface area contributed by atoms with E-state index in [2.05, 4.69) is 45.3 Å². The van der Waals surface area contributed by atoms with Crippen molar-refractivity contribution in [1.29, 1.82) is 0 Å². The number of carbonyl (C=O) groups excluding carboxylic acids is 11. The van der Waals surface area contributed by atoms with Crippen LogP contribution in [0.4, 0.5) is 35.9 Å². The molecule has 764 valence electrons. The fourth-order valence-electron chi connectivity index (χ4n) is 12.6. The number of amides is 8. The van der Waals surface area contributed by atoms with Gasteiger partial charge >= 0.3 is 36.6 Å². The largest absolute Gasteiger partial charge is 0.480 e. The minimum Gasteiger partial charge on any atom is -0.480 e. The van der Waals surface area contributed by atoms with Crippen LogP contribution in [-0.2, 0) is 66.9 Å². The number of benzene rings is 6. The summed E-state index contributed by atoms with van der Waals surface area (Å²) in [6, 6.07) is 51.8. The number of aliphatic hydroxyl groups excluding tert-OH is 3. The van der Waals surface area contributed by atoms with Gasteiger partial charge in [0, 0.05) is 57.0 Å². The molecule has 2 fully saturated rings. The van der Waals surface area contributed by atoms with Crippen molar-refractivity contribution in [2.45, 2.75) is 293 Å². The number of aliphatic hydroxyl groups is 3. The maximum atomic E-state index is 13.8. The van der Waals surface area contributed by atoms with Gasteiger partial charge in [-0.15, -0.1) is 0 Å². The van der Waals surface area contributed by atoms with Gasteiger partial charge in [0.1, 0.15) is 60.5 Å². The Morgan fingerprint density at radius 3 is 1.22 bits per heavy atom. The third-order valence-corrected chi connectivity index (χ3v) is 20.6. The number of aliphatic carboxylic acids is 1. The summed E-state index contributed by atoms with van der Waals surface area (Å²) in [5.74, 6) is -4.46. The molecule has 0 saturated carbocycles. The first-order valence-corrected chi connectivity index (χ1v) is 43.6. The molecular weight excluding hydrogens is 1790 g/mol. The molecule has 0 aliphatic carbocycles. The molecule has 6 aromatic carbocycles. The van der Waals surface area contributed by atoms with Crippen molar-refractivity contribution in [3.63, 3.8) is 0 Å². The molecule has 13 atom stereocenters. The number of alkyl halides is 6. The van der Waals surface area contributed by atoms with E-state index in [1.165, 1.54) is 46.7 Å². The molecule has 137 heavy (non-hydrogen) atoms. The Hall–Kier alpha value is -12.0. The predicted molar refractivity (Wildman–Crippen MR) is 516 cm³/mol. The maximum Gasteiger partial charge on any atom is 0.446 e. The molecule has 2 saturated heterocycles. The van der Waals surface area contributed by atoms with E-state index in [1.54, 1.807) is 55.6 Å². The van der Waals surface area contributed by atoms with Crippen molar-refractivity contribution >= 4 is 72.0 Å². The highest BCUT2D eigenvalue weighted by Gasteiger charge is 2.51. The lowest BCUT2D eigenvalue weighted by atomic mass is 9.90. The normalized spacial score (nSPS) is 16.0. The number of nitrogens with one attached hydrogen (secondary N) is 5. The van der Waals surface area contributed by atoms with Crippen LogP contribution in [0.2, 0.25) is 0 Å². The first-order valence-electron chi connectivity index (χ1n) is 43.6. The number of aldehydes is 2. The second-order valence-corrected chi connectivity index (χ2v) is 34.2. The molecule has 2 aliphatic rings. The van der Waals surface area contributed by atoms with Crippen LogP contribution in [0.25, 0.3) is 4.85 Å². The van der Waals surface area contributed by atoms with E-state index in [9.17, 15) is 89.3 Å². The van der Waals surface area contributed by atoms with Crippen molar-refractivity contribution in [2.24, 2.45) is 17.8 Å². The van der Waals surface area contributed by atoms with E-state index in [0.717, 1.165) is 62.3 Å². The molecule has 4 unspecified atom stereocenters. The molecule has 0 bridgehead atoms. The second-order valence-electron chi connectivity index (χ2n) is 34.2. The Morgan fingerprint density at radius 1 is 0.562 bits per heavy atom. The van der Waals surface area contributed by atoms with Crippen LogP contribution >= 0.6 is 0 Å². The number of ether oxygens (including phenoxy) is 4. The van der Waals surface area contributed by atoms with Crippen molar-refractivity contribution in [1.82, 2.24) is 47.4 Å². The lowest BCUT2D eigenvalue weighted by Crippen LogP contribution is -2.64. The van der Waals surface area contributed by atoms with Gasteiger partial charge in [-0.05, 0) is 150 Å². The number of Topliss-reactive ketones (excluding diaryl/α,β-unsaturated/α-hetero) is 1. The lowest BCUT2D eigenvalue weighted by Gasteiger charge is -2.41. The van der Waals surface area contributed by atoms with Gasteiger partial charge in [0.05, 0.1) is 36.5 Å². The summed E-state index contributed by atoms with van der Waals surface area (Å²) in [6.45, 7) is 31.2. The summed E-state index contributed by atoms with van der Waals surface area (Å²) in [5, 5.41) is 49.9. The number of methoxy groups -OCH3 is 1. The fourth-order valence-corrected chi connectivity index (χ4v) is 12.6. The molecule has 36 heteroatoms. The molecule has 12 N–H and O–H groups in total. The van der Waals surface area contributed by atoms with Crippen molar-refractivity contribution < 1.29 is 123 Å². The minimum atomic E-state index is -4.64. The molecule has 0 spiro atoms. The van der Waals surface area contributed by atoms with Crippen molar-refractivity contribution in [3.05, 3.63) is 220 Å². The third-order valence-electron chi connectivity index (χ3n) is 20.6. The lowest BCUT2D eigenvalue weighted by molar-refractivity contribution is -0.179. The summed E-state index contributed by atoms with van der Waals surface area (Å²) in [6.07, 6.45) is -9.91. The fraction of sp³-hybridized carbons (Fsp3) is 0.515. The van der Waals surface area contributed by atoms with Gasteiger partial charge in [-0.3, -0.25) is 48.2 Å². The highest BCUT2D eigenvalue weighted by molar-refractivity contribution is 5.96. The Bertz CT molecular complexity index is 4450. The van der Waals surface area contributed by atoms with Gasteiger partial charge in [-0.2, -0.15) is 26.3 Å². The molecule has 6 aromatic rings. The molecule has 30 nitrogen and oxygen atoms in total. The summed E-state index contributed by atoms with van der Waals surface area (Å²) >= 11 is 0. The zero-order valence-corrected chi connectivity index (χ0v) is 79.8. The summed E-state index contributed by atoms with van der Waals surface area (Å²) in [5.41, 5.74) is 4.48. The number of carboxylic acid groups (broad SMARTS) is 1. The van der Waals surface area contributed by atoms with Crippen LogP contribution in [0.15, 0.2) is 182 Å². The standard InChI is InChI=1S/C34H49N3O7.C27H33N3O4.C14H12N.C13H24N2O6.C6H12O.C2H3F3O.C2HF3O.3CH4.H3N/c1-22(43-8)19-20-27(32(41)36-30(25-15-11-9-12-16-25)26-17-13-10-14-18-26)21-28(39)29(24(3)38)35-31(40)23(2)37(7)33(42)44-34(4,5)6;1-4-17(2)25(31)28-23-18(3)34-22-16-15-21(30(22)27(23)33)26(32)29-24(19-11-7-5-8-12-19)20-13-9-6-10-14-20;1-15-14(12-8-4-2-5-9-12)13-10-6-3-7-11-13;1-7(15(6)12(20)21-13(3,4)5)10(17)14-9(8(2)16)11(18)19;1-6(2)4-3-5-7;2*3-2(4,5)1-6;;;;/h9-18,22-24,27,29-30,38H,19-21H2,1-8H3,(H,35,40)(H,36,41);5-14,17-18,21-24H,4,15-16H2,1-3H3,(H,28,31)(H,29,32);1-11,14H;7-9,16H,1-6H3,(H,14,17)(H,18,19);5-6H,3-4H2,1-2H3;6H,1H2;1H;3*1H4;1H3/q;;+1;;;;;;;;/t22?,23-,24-,27?,29-;17-,18?,21?,22+,23+;;7-,8+,9-;;;;;;;/m01.0......./s1. The first kappa shape index (κ1) is 129. The Labute approximate surface area is 804 Å². The highest BCUT2D eigenvalue weighted by atomic mass is 19.4. The van der Waals surface area contributed by atoms with Crippen LogP contribution in [0.3, 0.4) is 0 Å². The minimum absolute atomic E-state index is 0. The highest BCUT2D eigenvalue weighted by Crippen LogP contribution is 2.34. The van der Waals surface area contributed by atoms with E-state index < -0.39 is 145 Å². The van der Waals surface area contributed by atoms with Crippen molar-refractivity contribution in [2.75, 3.05) is 27.8 Å². The molecule has 2 aliphatic heterocycles. The topological polar surface area (TPSA) is 432 Å². The summed E-state index contributed by atoms with van der Waals surface area (Å²) in [4.78, 5) is 153. The summed E-state index contributed by atoms with van der Waals surface area (Å²) < 4.78 is 84.8. The first-order chi connectivity index (χ1) is 62.2. The summed E-state index contributed by atoms with van der Waals surface area (Å²) in [7, 11) is 4.38. The number of nitrogens with zero attached hydrogens (tertiary/aromatic N) is 4. The Balaban J connectivity index is -0.00000170. The number of hydrogen-bond acceptors (Lipinski definition) is 20. The molecule has 8 rings (SSSR count). The van der Waals surface area contributed by atoms with E-state index in [-0.39, 0.29) is 82.6 Å². The zero-order valence-electron chi connectivity index (χ0n) is 79.8. The van der Waals surface area contributed by atoms with Gasteiger partial charge in [-0.1, -0.05) is 237 Å². The Morgan fingerprint density at radius 2 is 0.920 bits per heavy atom. The average Bonchev–Trinajstić information content (AvgIpc) is 1.63. The van der Waals surface area contributed by atoms with Gasteiger partial charge in [0.2, 0.25) is 35.8 Å². The number of carbonyl (C=O) groups is 12. The van der Waals surface area contributed by atoms with Crippen molar-refractivity contribution in [3.8, 4) is 6.57 Å². The van der Waals surface area contributed by atoms with E-state index in [0.29, 0.717) is 38.0 Å². The van der Waals surface area contributed by atoms with E-state index in [4.69, 9.17) is 40.5 Å². The molecule has 0 aromatic heterocycles.